The number of rotatable bonds is 5. The molecule has 0 radical (unpaired) electrons. The normalized spacial score (nSPS) is 10.7. The van der Waals surface area contributed by atoms with E-state index in [1.165, 1.54) is 5.56 Å². The summed E-state index contributed by atoms with van der Waals surface area (Å²) in [6.45, 7) is 6.12. The van der Waals surface area contributed by atoms with E-state index in [1.807, 2.05) is 12.4 Å². The van der Waals surface area contributed by atoms with Crippen molar-refractivity contribution in [3.05, 3.63) is 34.3 Å². The average molecular weight is 247 g/mol. The third-order valence-electron chi connectivity index (χ3n) is 2.56. The Morgan fingerprint density at radius 2 is 2.00 bits per heavy atom. The molecule has 0 aliphatic heterocycles. The van der Waals surface area contributed by atoms with Crippen molar-refractivity contribution in [1.82, 2.24) is 15.3 Å². The van der Waals surface area contributed by atoms with Gasteiger partial charge in [0.15, 0.2) is 5.82 Å². The first-order valence-corrected chi connectivity index (χ1v) is 6.80. The van der Waals surface area contributed by atoms with Crippen molar-refractivity contribution in [2.75, 3.05) is 6.54 Å². The van der Waals surface area contributed by atoms with Crippen LogP contribution in [0, 0.1) is 6.92 Å². The first-order valence-electron chi connectivity index (χ1n) is 5.86. The van der Waals surface area contributed by atoms with Crippen LogP contribution in [0.15, 0.2) is 23.2 Å². The van der Waals surface area contributed by atoms with Gasteiger partial charge in [-0.25, -0.2) is 9.97 Å². The smallest absolute Gasteiger partial charge is 0.160 e. The fourth-order valence-corrected chi connectivity index (χ4v) is 2.41. The highest BCUT2D eigenvalue weighted by Crippen LogP contribution is 2.23. The minimum atomic E-state index is 0.822. The predicted molar refractivity (Wildman–Crippen MR) is 72.1 cm³/mol. The predicted octanol–water partition coefficient (Wildman–Crippen LogP) is 3.01. The van der Waals surface area contributed by atoms with E-state index in [-0.39, 0.29) is 0 Å². The minimum absolute atomic E-state index is 0.822. The Balaban J connectivity index is 2.06. The average Bonchev–Trinajstić information content (AvgIpc) is 2.77. The molecule has 4 heteroatoms. The maximum absolute atomic E-state index is 4.42. The Morgan fingerprint density at radius 3 is 2.59 bits per heavy atom. The van der Waals surface area contributed by atoms with Crippen LogP contribution in [0.3, 0.4) is 0 Å². The molecule has 1 N–H and O–H groups in total. The van der Waals surface area contributed by atoms with Gasteiger partial charge < -0.3 is 5.32 Å². The van der Waals surface area contributed by atoms with Gasteiger partial charge in [-0.15, -0.1) is 0 Å². The summed E-state index contributed by atoms with van der Waals surface area (Å²) in [5, 5.41) is 7.56. The van der Waals surface area contributed by atoms with Gasteiger partial charge in [0.1, 0.15) is 0 Å². The van der Waals surface area contributed by atoms with E-state index in [1.54, 1.807) is 11.3 Å². The van der Waals surface area contributed by atoms with E-state index in [4.69, 9.17) is 0 Å². The third kappa shape index (κ3) is 3.11. The summed E-state index contributed by atoms with van der Waals surface area (Å²) in [4.78, 5) is 8.83. The van der Waals surface area contributed by atoms with Crippen LogP contribution in [0.4, 0.5) is 0 Å². The molecule has 0 saturated carbocycles. The number of hydrogen-bond acceptors (Lipinski definition) is 4. The Labute approximate surface area is 106 Å². The molecule has 0 aromatic carbocycles. The van der Waals surface area contributed by atoms with Gasteiger partial charge in [0.05, 0.1) is 0 Å². The van der Waals surface area contributed by atoms with Gasteiger partial charge in [-0.05, 0) is 30.8 Å². The lowest BCUT2D eigenvalue weighted by Crippen LogP contribution is -2.14. The zero-order chi connectivity index (χ0) is 12.1. The number of nitrogens with zero attached hydrogens (tertiary/aromatic N) is 2. The number of aryl methyl sites for hydroxylation is 1. The van der Waals surface area contributed by atoms with Gasteiger partial charge in [-0.3, -0.25) is 0 Å². The highest BCUT2D eigenvalue weighted by molar-refractivity contribution is 7.08. The van der Waals surface area contributed by atoms with Crippen molar-refractivity contribution in [2.45, 2.75) is 26.8 Å². The number of thiophene rings is 1. The second-order valence-corrected chi connectivity index (χ2v) is 4.80. The fraction of sp³-hybridized carbons (Fsp3) is 0.385. The second-order valence-electron chi connectivity index (χ2n) is 4.06. The van der Waals surface area contributed by atoms with E-state index in [2.05, 4.69) is 39.9 Å². The van der Waals surface area contributed by atoms with E-state index in [0.717, 1.165) is 36.5 Å². The summed E-state index contributed by atoms with van der Waals surface area (Å²) >= 11 is 1.69. The van der Waals surface area contributed by atoms with Crippen LogP contribution in [0.1, 0.15) is 24.5 Å². The third-order valence-corrected chi connectivity index (χ3v) is 3.42. The highest BCUT2D eigenvalue weighted by atomic mass is 32.1. The first-order chi connectivity index (χ1) is 8.31. The molecule has 0 unspecified atom stereocenters. The molecule has 2 aromatic heterocycles. The topological polar surface area (TPSA) is 37.8 Å². The quantitative estimate of drug-likeness (QED) is 0.825. The first kappa shape index (κ1) is 12.2. The molecular weight excluding hydrogens is 230 g/mol. The van der Waals surface area contributed by atoms with E-state index in [9.17, 15) is 0 Å². The molecule has 2 rings (SSSR count). The molecular formula is C13H17N3S. The van der Waals surface area contributed by atoms with E-state index >= 15 is 0 Å². The van der Waals surface area contributed by atoms with Crippen LogP contribution >= 0.6 is 11.3 Å². The van der Waals surface area contributed by atoms with Crippen LogP contribution in [-0.2, 0) is 6.54 Å². The van der Waals surface area contributed by atoms with Gasteiger partial charge in [0, 0.05) is 35.4 Å². The highest BCUT2D eigenvalue weighted by Gasteiger charge is 2.05. The molecule has 0 aliphatic rings. The van der Waals surface area contributed by atoms with E-state index in [0.29, 0.717) is 0 Å². The van der Waals surface area contributed by atoms with Crippen molar-refractivity contribution in [3.8, 4) is 11.4 Å². The van der Waals surface area contributed by atoms with Crippen molar-refractivity contribution < 1.29 is 0 Å². The van der Waals surface area contributed by atoms with Crippen LogP contribution in [0.5, 0.6) is 0 Å². The van der Waals surface area contributed by atoms with Crippen LogP contribution in [0.25, 0.3) is 11.4 Å². The summed E-state index contributed by atoms with van der Waals surface area (Å²) in [7, 11) is 0. The summed E-state index contributed by atoms with van der Waals surface area (Å²) in [6.07, 6.45) is 4.96. The van der Waals surface area contributed by atoms with Crippen LogP contribution in [-0.4, -0.2) is 16.5 Å². The zero-order valence-electron chi connectivity index (χ0n) is 10.2. The number of aromatic nitrogens is 2. The molecule has 90 valence electrons. The van der Waals surface area contributed by atoms with Crippen molar-refractivity contribution in [1.29, 1.82) is 0 Å². The van der Waals surface area contributed by atoms with Crippen molar-refractivity contribution >= 4 is 11.3 Å². The van der Waals surface area contributed by atoms with Crippen LogP contribution in [0.2, 0.25) is 0 Å². The molecule has 0 spiro atoms. The molecule has 0 fully saturated rings. The van der Waals surface area contributed by atoms with Gasteiger partial charge >= 0.3 is 0 Å². The lowest BCUT2D eigenvalue weighted by Gasteiger charge is -2.03. The lowest BCUT2D eigenvalue weighted by atomic mass is 10.2. The Hall–Kier alpha value is -1.26. The van der Waals surface area contributed by atoms with Crippen molar-refractivity contribution in [2.24, 2.45) is 0 Å². The van der Waals surface area contributed by atoms with E-state index < -0.39 is 0 Å². The number of hydrogen-bond donors (Lipinski definition) is 1. The summed E-state index contributed by atoms with van der Waals surface area (Å²) in [5.41, 5.74) is 3.52. The molecule has 0 saturated heterocycles. The van der Waals surface area contributed by atoms with Crippen LogP contribution < -0.4 is 5.32 Å². The molecule has 0 aliphatic carbocycles. The Morgan fingerprint density at radius 1 is 1.24 bits per heavy atom. The maximum atomic E-state index is 4.42. The minimum Gasteiger partial charge on any atom is -0.313 e. The van der Waals surface area contributed by atoms with Gasteiger partial charge in [-0.2, -0.15) is 11.3 Å². The maximum Gasteiger partial charge on any atom is 0.160 e. The zero-order valence-corrected chi connectivity index (χ0v) is 11.0. The SMILES string of the molecule is CCCNCc1cnc(-c2cscc2C)nc1. The van der Waals surface area contributed by atoms with Gasteiger partial charge in [-0.1, -0.05) is 6.92 Å². The molecule has 2 aromatic rings. The summed E-state index contributed by atoms with van der Waals surface area (Å²) in [5.74, 6) is 0.822. The number of nitrogens with one attached hydrogen (secondary N) is 1. The molecule has 3 nitrogen and oxygen atoms in total. The fourth-order valence-electron chi connectivity index (χ4n) is 1.58. The summed E-state index contributed by atoms with van der Waals surface area (Å²) < 4.78 is 0. The summed E-state index contributed by atoms with van der Waals surface area (Å²) in [6, 6.07) is 0. The largest absolute Gasteiger partial charge is 0.313 e. The van der Waals surface area contributed by atoms with Gasteiger partial charge in [0.25, 0.3) is 0 Å². The molecule has 2 heterocycles. The van der Waals surface area contributed by atoms with Gasteiger partial charge in [0.2, 0.25) is 0 Å². The molecule has 0 bridgehead atoms. The monoisotopic (exact) mass is 247 g/mol. The second kappa shape index (κ2) is 5.89. The Bertz CT molecular complexity index is 462. The molecule has 17 heavy (non-hydrogen) atoms. The molecule has 0 atom stereocenters. The Kier molecular flexibility index (Phi) is 4.23. The molecule has 0 amide bonds. The standard InChI is InChI=1S/C13H17N3S/c1-3-4-14-5-11-6-15-13(16-7-11)12-9-17-8-10(12)2/h6-9,14H,3-5H2,1-2H3. The van der Waals surface area contributed by atoms with Crippen molar-refractivity contribution in [3.63, 3.8) is 0 Å². The lowest BCUT2D eigenvalue weighted by molar-refractivity contribution is 0.672.